The first-order valence-corrected chi connectivity index (χ1v) is 14.6. The van der Waals surface area contributed by atoms with Crippen LogP contribution in [0, 0.1) is 0 Å². The van der Waals surface area contributed by atoms with Crippen molar-refractivity contribution < 1.29 is 24.2 Å². The van der Waals surface area contributed by atoms with Crippen LogP contribution in [0.2, 0.25) is 10.0 Å². The van der Waals surface area contributed by atoms with E-state index >= 15 is 0 Å². The number of carbonyl (C=O) groups excluding carboxylic acids is 2. The summed E-state index contributed by atoms with van der Waals surface area (Å²) < 4.78 is 11.8. The zero-order valence-electron chi connectivity index (χ0n) is 20.5. The number of ketones is 1. The maximum Gasteiger partial charge on any atom is 0.301 e. The zero-order chi connectivity index (χ0) is 27.8. The van der Waals surface area contributed by atoms with Crippen molar-refractivity contribution >= 4 is 68.9 Å². The fourth-order valence-electron chi connectivity index (χ4n) is 4.42. The van der Waals surface area contributed by atoms with Crippen LogP contribution in [0.5, 0.6) is 11.5 Å². The van der Waals surface area contributed by atoms with Gasteiger partial charge in [-0.05, 0) is 53.6 Å². The third-order valence-electron chi connectivity index (χ3n) is 6.32. The summed E-state index contributed by atoms with van der Waals surface area (Å²) in [5, 5.41) is 21.3. The van der Waals surface area contributed by atoms with E-state index < -0.39 is 17.7 Å². The number of hydrogen-bond acceptors (Lipinski definition) is 9. The van der Waals surface area contributed by atoms with Crippen molar-refractivity contribution in [3.05, 3.63) is 99.0 Å². The number of thioether (sulfide) groups is 1. The van der Waals surface area contributed by atoms with Gasteiger partial charge >= 0.3 is 5.91 Å². The van der Waals surface area contributed by atoms with Crippen molar-refractivity contribution in [3.8, 4) is 11.5 Å². The summed E-state index contributed by atoms with van der Waals surface area (Å²) in [6.07, 6.45) is 0. The number of Topliss-reactive ketones (excluding diaryl/α,β-unsaturated/α-hetero) is 1. The van der Waals surface area contributed by atoms with Gasteiger partial charge in [0.05, 0.1) is 11.6 Å². The lowest BCUT2D eigenvalue weighted by Crippen LogP contribution is -2.29. The third kappa shape index (κ3) is 5.15. The molecule has 1 saturated heterocycles. The molecule has 3 heterocycles. The molecule has 0 saturated carbocycles. The molecule has 12 heteroatoms. The minimum absolute atomic E-state index is 0.0745. The first-order chi connectivity index (χ1) is 19.4. The molecule has 4 aromatic rings. The standard InChI is InChI=1S/C28H19Cl2N3O5S2/c29-18-6-1-15(2-7-18)14-39-28-32-31-27(40-28)33-23(16-3-8-19(30)9-4-16)22(25(35)26(33)36)24(34)17-5-10-20-21(13-17)38-12-11-37-20/h1-10,13,23,34H,11-12,14H2/b24-22+. The number of fused-ring (bicyclic) bond motifs is 1. The molecule has 1 unspecified atom stereocenters. The van der Waals surface area contributed by atoms with Gasteiger partial charge in [-0.3, -0.25) is 14.5 Å². The number of aliphatic hydroxyl groups is 1. The van der Waals surface area contributed by atoms with E-state index in [2.05, 4.69) is 10.2 Å². The lowest BCUT2D eigenvalue weighted by atomic mass is 9.95. The Labute approximate surface area is 247 Å². The number of anilines is 1. The van der Waals surface area contributed by atoms with Crippen molar-refractivity contribution in [1.82, 2.24) is 10.2 Å². The predicted octanol–water partition coefficient (Wildman–Crippen LogP) is 6.53. The second-order valence-electron chi connectivity index (χ2n) is 8.84. The summed E-state index contributed by atoms with van der Waals surface area (Å²) in [6.45, 7) is 0.781. The molecule has 0 radical (unpaired) electrons. The van der Waals surface area contributed by atoms with E-state index in [1.807, 2.05) is 24.3 Å². The van der Waals surface area contributed by atoms with Crippen LogP contribution in [-0.2, 0) is 15.3 Å². The highest BCUT2D eigenvalue weighted by Crippen LogP contribution is 2.45. The Kier molecular flexibility index (Phi) is 7.41. The molecule has 0 aliphatic carbocycles. The molecule has 2 aliphatic heterocycles. The molecule has 1 fully saturated rings. The topological polar surface area (TPSA) is 102 Å². The molecule has 1 atom stereocenters. The van der Waals surface area contributed by atoms with Crippen LogP contribution >= 0.6 is 46.3 Å². The van der Waals surface area contributed by atoms with Crippen molar-refractivity contribution in [2.75, 3.05) is 18.1 Å². The lowest BCUT2D eigenvalue weighted by Gasteiger charge is -2.23. The molecule has 1 N–H and O–H groups in total. The van der Waals surface area contributed by atoms with E-state index in [0.717, 1.165) is 5.56 Å². The zero-order valence-corrected chi connectivity index (χ0v) is 23.7. The van der Waals surface area contributed by atoms with Gasteiger partial charge in [0.15, 0.2) is 15.8 Å². The molecule has 8 nitrogen and oxygen atoms in total. The van der Waals surface area contributed by atoms with Crippen LogP contribution in [0.3, 0.4) is 0 Å². The second kappa shape index (κ2) is 11.1. The average Bonchev–Trinajstić information content (AvgIpc) is 3.54. The highest BCUT2D eigenvalue weighted by molar-refractivity contribution is 8.00. The molecule has 40 heavy (non-hydrogen) atoms. The molecule has 0 bridgehead atoms. The molecule has 0 spiro atoms. The normalized spacial score (nSPS) is 17.9. The van der Waals surface area contributed by atoms with Crippen molar-refractivity contribution in [2.24, 2.45) is 0 Å². The summed E-state index contributed by atoms with van der Waals surface area (Å²) in [5.74, 6) is -0.383. The fraction of sp³-hybridized carbons (Fsp3) is 0.143. The number of rotatable bonds is 6. The molecular formula is C28H19Cl2N3O5S2. The van der Waals surface area contributed by atoms with Crippen LogP contribution in [-0.4, -0.2) is 40.2 Å². The van der Waals surface area contributed by atoms with Gasteiger partial charge in [-0.2, -0.15) is 0 Å². The number of aliphatic hydroxyl groups excluding tert-OH is 1. The largest absolute Gasteiger partial charge is 0.507 e. The summed E-state index contributed by atoms with van der Waals surface area (Å²) in [4.78, 5) is 28.2. The van der Waals surface area contributed by atoms with E-state index in [9.17, 15) is 14.7 Å². The van der Waals surface area contributed by atoms with Crippen LogP contribution in [0.1, 0.15) is 22.7 Å². The highest BCUT2D eigenvalue weighted by Gasteiger charge is 2.48. The van der Waals surface area contributed by atoms with E-state index in [0.29, 0.717) is 56.0 Å². The predicted molar refractivity (Wildman–Crippen MR) is 155 cm³/mol. The number of ether oxygens (including phenoxy) is 2. The number of amides is 1. The Bertz CT molecular complexity index is 1640. The Morgan fingerprint density at radius 1 is 0.950 bits per heavy atom. The first kappa shape index (κ1) is 26.6. The molecule has 6 rings (SSSR count). The first-order valence-electron chi connectivity index (χ1n) is 12.1. The Hall–Kier alpha value is -3.57. The average molecular weight is 613 g/mol. The van der Waals surface area contributed by atoms with Gasteiger partial charge in [0, 0.05) is 21.4 Å². The molecule has 2 aliphatic rings. The number of hydrogen-bond donors (Lipinski definition) is 1. The van der Waals surface area contributed by atoms with Gasteiger partial charge in [0.1, 0.15) is 19.0 Å². The highest BCUT2D eigenvalue weighted by atomic mass is 35.5. The molecule has 202 valence electrons. The maximum atomic E-state index is 13.4. The van der Waals surface area contributed by atoms with Gasteiger partial charge in [-0.1, -0.05) is 70.6 Å². The Morgan fingerprint density at radius 2 is 1.62 bits per heavy atom. The lowest BCUT2D eigenvalue weighted by molar-refractivity contribution is -0.132. The molecule has 1 amide bonds. The van der Waals surface area contributed by atoms with Gasteiger partial charge in [0.2, 0.25) is 5.13 Å². The van der Waals surface area contributed by atoms with Crippen molar-refractivity contribution in [3.63, 3.8) is 0 Å². The van der Waals surface area contributed by atoms with Crippen molar-refractivity contribution in [2.45, 2.75) is 16.1 Å². The van der Waals surface area contributed by atoms with E-state index in [4.69, 9.17) is 32.7 Å². The number of carbonyl (C=O) groups is 2. The van der Waals surface area contributed by atoms with E-state index in [-0.39, 0.29) is 16.5 Å². The summed E-state index contributed by atoms with van der Waals surface area (Å²) in [7, 11) is 0. The van der Waals surface area contributed by atoms with Crippen LogP contribution in [0.25, 0.3) is 5.76 Å². The monoisotopic (exact) mass is 611 g/mol. The van der Waals surface area contributed by atoms with Gasteiger partial charge in [0.25, 0.3) is 5.78 Å². The molecule has 1 aromatic heterocycles. The quantitative estimate of drug-likeness (QED) is 0.0862. The van der Waals surface area contributed by atoms with E-state index in [1.54, 1.807) is 42.5 Å². The number of nitrogens with zero attached hydrogens (tertiary/aromatic N) is 3. The minimum atomic E-state index is -0.951. The van der Waals surface area contributed by atoms with Gasteiger partial charge in [-0.25, -0.2) is 0 Å². The Balaban J connectivity index is 1.38. The summed E-state index contributed by atoms with van der Waals surface area (Å²) in [5.41, 5.74) is 1.87. The summed E-state index contributed by atoms with van der Waals surface area (Å²) in [6, 6.07) is 18.1. The molecular weight excluding hydrogens is 593 g/mol. The maximum absolute atomic E-state index is 13.4. The van der Waals surface area contributed by atoms with E-state index in [1.165, 1.54) is 28.0 Å². The van der Waals surface area contributed by atoms with Gasteiger partial charge < -0.3 is 14.6 Å². The van der Waals surface area contributed by atoms with Gasteiger partial charge in [-0.15, -0.1) is 10.2 Å². The summed E-state index contributed by atoms with van der Waals surface area (Å²) >= 11 is 14.7. The van der Waals surface area contributed by atoms with Crippen LogP contribution in [0.15, 0.2) is 76.6 Å². The number of aromatic nitrogens is 2. The van der Waals surface area contributed by atoms with Crippen LogP contribution < -0.4 is 14.4 Å². The fourth-order valence-corrected chi connectivity index (χ4v) is 6.50. The smallest absolute Gasteiger partial charge is 0.301 e. The van der Waals surface area contributed by atoms with Crippen LogP contribution in [0.4, 0.5) is 5.13 Å². The Morgan fingerprint density at radius 3 is 2.35 bits per heavy atom. The third-order valence-corrected chi connectivity index (χ3v) is 8.95. The number of halogens is 2. The SMILES string of the molecule is O=C1C(=O)N(c2nnc(SCc3ccc(Cl)cc3)s2)C(c2ccc(Cl)cc2)/C1=C(\O)c1ccc2c(c1)OCCO2. The number of benzene rings is 3. The van der Waals surface area contributed by atoms with Crippen molar-refractivity contribution in [1.29, 1.82) is 0 Å². The second-order valence-corrected chi connectivity index (χ2v) is 11.9. The minimum Gasteiger partial charge on any atom is -0.507 e. The molecule has 3 aromatic carbocycles.